The van der Waals surface area contributed by atoms with Gasteiger partial charge in [-0.25, -0.2) is 0 Å². The Morgan fingerprint density at radius 2 is 2.33 bits per heavy atom. The van der Waals surface area contributed by atoms with Crippen molar-refractivity contribution < 1.29 is 0 Å². The molecule has 0 radical (unpaired) electrons. The molecule has 70 valence electrons. The van der Waals surface area contributed by atoms with Crippen molar-refractivity contribution in [1.29, 1.82) is 5.41 Å². The van der Waals surface area contributed by atoms with Gasteiger partial charge in [0.15, 0.2) is 5.96 Å². The van der Waals surface area contributed by atoms with Crippen LogP contribution in [0.1, 0.15) is 33.1 Å². The molecule has 0 saturated carbocycles. The Morgan fingerprint density at radius 3 is 2.83 bits per heavy atom. The number of guanidine groups is 1. The van der Waals surface area contributed by atoms with Crippen molar-refractivity contribution >= 4 is 5.96 Å². The first-order valence-corrected chi connectivity index (χ1v) is 4.72. The van der Waals surface area contributed by atoms with Gasteiger partial charge in [-0.1, -0.05) is 13.8 Å². The van der Waals surface area contributed by atoms with E-state index in [1.165, 1.54) is 19.3 Å². The minimum atomic E-state index is 0.248. The average molecular weight is 169 g/mol. The van der Waals surface area contributed by atoms with Gasteiger partial charge < -0.3 is 10.6 Å². The Balaban J connectivity index is 2.46. The SMILES string of the molecule is CC(C)CC1CCCN1C(=N)N. The van der Waals surface area contributed by atoms with Crippen LogP contribution in [0.15, 0.2) is 0 Å². The summed E-state index contributed by atoms with van der Waals surface area (Å²) >= 11 is 0. The lowest BCUT2D eigenvalue weighted by molar-refractivity contribution is 0.328. The summed E-state index contributed by atoms with van der Waals surface area (Å²) < 4.78 is 0. The molecule has 3 N–H and O–H groups in total. The van der Waals surface area contributed by atoms with E-state index in [0.717, 1.165) is 6.54 Å². The van der Waals surface area contributed by atoms with Gasteiger partial charge in [-0.3, -0.25) is 5.41 Å². The zero-order valence-corrected chi connectivity index (χ0v) is 8.01. The summed E-state index contributed by atoms with van der Waals surface area (Å²) in [6, 6.07) is 0.530. The van der Waals surface area contributed by atoms with Crippen LogP contribution in [0.25, 0.3) is 0 Å². The van der Waals surface area contributed by atoms with Gasteiger partial charge in [0, 0.05) is 12.6 Å². The molecule has 0 aromatic heterocycles. The maximum Gasteiger partial charge on any atom is 0.188 e. The molecular weight excluding hydrogens is 150 g/mol. The molecule has 1 aliphatic heterocycles. The van der Waals surface area contributed by atoms with Gasteiger partial charge in [-0.05, 0) is 25.2 Å². The van der Waals surface area contributed by atoms with Crippen molar-refractivity contribution in [2.75, 3.05) is 6.54 Å². The van der Waals surface area contributed by atoms with Crippen LogP contribution in [0.2, 0.25) is 0 Å². The van der Waals surface area contributed by atoms with Crippen LogP contribution in [0.3, 0.4) is 0 Å². The molecule has 0 aromatic rings. The van der Waals surface area contributed by atoms with Crippen molar-refractivity contribution in [2.24, 2.45) is 11.7 Å². The monoisotopic (exact) mass is 169 g/mol. The van der Waals surface area contributed by atoms with Crippen molar-refractivity contribution in [3.8, 4) is 0 Å². The lowest BCUT2D eigenvalue weighted by Gasteiger charge is -2.25. The number of nitrogens with zero attached hydrogens (tertiary/aromatic N) is 1. The molecule has 1 fully saturated rings. The van der Waals surface area contributed by atoms with Gasteiger partial charge in [0.25, 0.3) is 0 Å². The van der Waals surface area contributed by atoms with E-state index in [0.29, 0.717) is 12.0 Å². The first-order chi connectivity index (χ1) is 5.61. The molecule has 1 atom stereocenters. The van der Waals surface area contributed by atoms with E-state index < -0.39 is 0 Å². The fourth-order valence-electron chi connectivity index (χ4n) is 1.94. The molecule has 1 heterocycles. The number of nitrogens with one attached hydrogen (secondary N) is 1. The van der Waals surface area contributed by atoms with E-state index in [4.69, 9.17) is 11.1 Å². The highest BCUT2D eigenvalue weighted by molar-refractivity contribution is 5.75. The number of hydrogen-bond acceptors (Lipinski definition) is 1. The Kier molecular flexibility index (Phi) is 2.95. The van der Waals surface area contributed by atoms with Crippen LogP contribution >= 0.6 is 0 Å². The third-order valence-corrected chi connectivity index (χ3v) is 2.43. The molecule has 0 aliphatic carbocycles. The molecule has 0 bridgehead atoms. The van der Waals surface area contributed by atoms with E-state index in [2.05, 4.69) is 13.8 Å². The zero-order valence-electron chi connectivity index (χ0n) is 8.01. The van der Waals surface area contributed by atoms with Crippen LogP contribution < -0.4 is 5.73 Å². The van der Waals surface area contributed by atoms with Crippen LogP contribution in [-0.4, -0.2) is 23.4 Å². The van der Waals surface area contributed by atoms with Gasteiger partial charge in [0.1, 0.15) is 0 Å². The second kappa shape index (κ2) is 3.78. The molecule has 1 aliphatic rings. The highest BCUT2D eigenvalue weighted by Gasteiger charge is 2.25. The minimum absolute atomic E-state index is 0.248. The molecule has 0 spiro atoms. The predicted octanol–water partition coefficient (Wildman–Crippen LogP) is 1.39. The first kappa shape index (κ1) is 9.36. The molecule has 3 nitrogen and oxygen atoms in total. The second-order valence-electron chi connectivity index (χ2n) is 4.00. The smallest absolute Gasteiger partial charge is 0.188 e. The fourth-order valence-corrected chi connectivity index (χ4v) is 1.94. The summed E-state index contributed by atoms with van der Waals surface area (Å²) in [6.07, 6.45) is 3.56. The molecule has 0 aromatic carbocycles. The van der Waals surface area contributed by atoms with Crippen molar-refractivity contribution in [3.05, 3.63) is 0 Å². The minimum Gasteiger partial charge on any atom is -0.370 e. The number of hydrogen-bond donors (Lipinski definition) is 2. The molecule has 1 unspecified atom stereocenters. The van der Waals surface area contributed by atoms with Gasteiger partial charge >= 0.3 is 0 Å². The van der Waals surface area contributed by atoms with Crippen molar-refractivity contribution in [2.45, 2.75) is 39.2 Å². The topological polar surface area (TPSA) is 53.1 Å². The standard InChI is InChI=1S/C9H19N3/c1-7(2)6-8-4-3-5-12(8)9(10)11/h7-8H,3-6H2,1-2H3,(H3,10,11). The fraction of sp³-hybridized carbons (Fsp3) is 0.889. The van der Waals surface area contributed by atoms with E-state index in [9.17, 15) is 0 Å². The van der Waals surface area contributed by atoms with Crippen LogP contribution in [-0.2, 0) is 0 Å². The Bertz CT molecular complexity index is 165. The van der Waals surface area contributed by atoms with Gasteiger partial charge in [0.2, 0.25) is 0 Å². The zero-order chi connectivity index (χ0) is 9.14. The molecule has 1 saturated heterocycles. The summed E-state index contributed by atoms with van der Waals surface area (Å²) in [5, 5.41) is 7.37. The quantitative estimate of drug-likeness (QED) is 0.485. The van der Waals surface area contributed by atoms with E-state index in [1.54, 1.807) is 0 Å². The molecule has 1 rings (SSSR count). The summed E-state index contributed by atoms with van der Waals surface area (Å²) in [5.74, 6) is 0.952. The van der Waals surface area contributed by atoms with Crippen molar-refractivity contribution in [3.63, 3.8) is 0 Å². The second-order valence-corrected chi connectivity index (χ2v) is 4.00. The Hall–Kier alpha value is -0.730. The first-order valence-electron chi connectivity index (χ1n) is 4.72. The van der Waals surface area contributed by atoms with Gasteiger partial charge in [0.05, 0.1) is 0 Å². The Morgan fingerprint density at radius 1 is 1.67 bits per heavy atom. The highest BCUT2D eigenvalue weighted by atomic mass is 15.3. The molecule has 0 amide bonds. The van der Waals surface area contributed by atoms with Crippen molar-refractivity contribution in [1.82, 2.24) is 4.90 Å². The van der Waals surface area contributed by atoms with Crippen LogP contribution in [0, 0.1) is 11.3 Å². The highest BCUT2D eigenvalue weighted by Crippen LogP contribution is 2.22. The largest absolute Gasteiger partial charge is 0.370 e. The normalized spacial score (nSPS) is 23.6. The van der Waals surface area contributed by atoms with Crippen LogP contribution in [0.4, 0.5) is 0 Å². The molecule has 3 heteroatoms. The van der Waals surface area contributed by atoms with E-state index in [1.807, 2.05) is 4.90 Å². The predicted molar refractivity (Wildman–Crippen MR) is 51.1 cm³/mol. The van der Waals surface area contributed by atoms with E-state index in [-0.39, 0.29) is 5.96 Å². The summed E-state index contributed by atoms with van der Waals surface area (Å²) in [7, 11) is 0. The Labute approximate surface area is 74.4 Å². The number of likely N-dealkylation sites (tertiary alicyclic amines) is 1. The lowest BCUT2D eigenvalue weighted by atomic mass is 10.0. The van der Waals surface area contributed by atoms with Gasteiger partial charge in [-0.2, -0.15) is 0 Å². The average Bonchev–Trinajstić information content (AvgIpc) is 2.33. The van der Waals surface area contributed by atoms with Gasteiger partial charge in [-0.15, -0.1) is 0 Å². The summed E-state index contributed by atoms with van der Waals surface area (Å²) in [4.78, 5) is 2.03. The number of rotatable bonds is 2. The summed E-state index contributed by atoms with van der Waals surface area (Å²) in [6.45, 7) is 5.42. The maximum atomic E-state index is 7.37. The third kappa shape index (κ3) is 2.13. The lowest BCUT2D eigenvalue weighted by Crippen LogP contribution is -2.40. The third-order valence-electron chi connectivity index (χ3n) is 2.43. The maximum absolute atomic E-state index is 7.37. The molecule has 12 heavy (non-hydrogen) atoms. The summed E-state index contributed by atoms with van der Waals surface area (Å²) in [5.41, 5.74) is 5.47. The van der Waals surface area contributed by atoms with E-state index >= 15 is 0 Å². The molecular formula is C9H19N3. The number of nitrogens with two attached hydrogens (primary N) is 1. The van der Waals surface area contributed by atoms with Crippen LogP contribution in [0.5, 0.6) is 0 Å².